The van der Waals surface area contributed by atoms with Gasteiger partial charge in [-0.1, -0.05) is 6.92 Å². The fraction of sp³-hybridized carbons (Fsp3) is 0.600. The van der Waals surface area contributed by atoms with E-state index in [4.69, 9.17) is 0 Å². The standard InChI is InChI=1S/C5H9IN2O/c1-3-5(6)7-8(2)4-9/h4H,3H2,1-2H3/b7-5+. The minimum absolute atomic E-state index is 0.675. The zero-order valence-corrected chi connectivity index (χ0v) is 7.62. The van der Waals surface area contributed by atoms with E-state index < -0.39 is 0 Å². The van der Waals surface area contributed by atoms with Crippen LogP contribution >= 0.6 is 22.6 Å². The van der Waals surface area contributed by atoms with Crippen LogP contribution in [0.25, 0.3) is 0 Å². The summed E-state index contributed by atoms with van der Waals surface area (Å²) in [6, 6.07) is 0. The zero-order valence-electron chi connectivity index (χ0n) is 5.47. The monoisotopic (exact) mass is 240 g/mol. The van der Waals surface area contributed by atoms with Crippen LogP contribution in [0.1, 0.15) is 13.3 Å². The summed E-state index contributed by atoms with van der Waals surface area (Å²) < 4.78 is 0.933. The Balaban J connectivity index is 3.78. The van der Waals surface area contributed by atoms with Crippen molar-refractivity contribution in [2.45, 2.75) is 13.3 Å². The molecule has 0 aliphatic rings. The second-order valence-corrected chi connectivity index (χ2v) is 2.75. The summed E-state index contributed by atoms with van der Waals surface area (Å²) in [4.78, 5) is 9.97. The molecule has 0 aromatic carbocycles. The summed E-state index contributed by atoms with van der Waals surface area (Å²) in [5.41, 5.74) is 0. The number of rotatable bonds is 3. The first-order valence-electron chi connectivity index (χ1n) is 2.61. The van der Waals surface area contributed by atoms with E-state index in [2.05, 4.69) is 27.7 Å². The maximum absolute atomic E-state index is 9.97. The molecule has 9 heavy (non-hydrogen) atoms. The summed E-state index contributed by atoms with van der Waals surface area (Å²) in [7, 11) is 1.61. The molecule has 0 N–H and O–H groups in total. The van der Waals surface area contributed by atoms with Crippen LogP contribution in [-0.2, 0) is 4.79 Å². The quantitative estimate of drug-likeness (QED) is 0.316. The lowest BCUT2D eigenvalue weighted by molar-refractivity contribution is -0.116. The number of carbonyl (C=O) groups is 1. The van der Waals surface area contributed by atoms with Gasteiger partial charge >= 0.3 is 0 Å². The number of carbonyl (C=O) groups excluding carboxylic acids is 1. The molecule has 0 aromatic heterocycles. The molecule has 0 rings (SSSR count). The van der Waals surface area contributed by atoms with Crippen LogP contribution in [0.4, 0.5) is 0 Å². The maximum Gasteiger partial charge on any atom is 0.229 e. The van der Waals surface area contributed by atoms with Gasteiger partial charge in [0.1, 0.15) is 0 Å². The molecule has 0 heterocycles. The fourth-order valence-corrected chi connectivity index (χ4v) is 0.606. The fourth-order valence-electron chi connectivity index (χ4n) is 0.265. The zero-order chi connectivity index (χ0) is 7.28. The third-order valence-corrected chi connectivity index (χ3v) is 1.69. The van der Waals surface area contributed by atoms with Gasteiger partial charge in [-0.2, -0.15) is 5.10 Å². The van der Waals surface area contributed by atoms with Gasteiger partial charge in [0.05, 0.1) is 3.72 Å². The molecule has 4 heteroatoms. The van der Waals surface area contributed by atoms with Crippen molar-refractivity contribution in [2.75, 3.05) is 7.05 Å². The average Bonchev–Trinajstić information content (AvgIpc) is 1.87. The highest BCUT2D eigenvalue weighted by Gasteiger charge is 1.89. The Labute approximate surface area is 68.2 Å². The van der Waals surface area contributed by atoms with Crippen LogP contribution in [0.5, 0.6) is 0 Å². The van der Waals surface area contributed by atoms with Crippen molar-refractivity contribution in [3.63, 3.8) is 0 Å². The van der Waals surface area contributed by atoms with Gasteiger partial charge in [0.2, 0.25) is 6.41 Å². The molecule has 0 bridgehead atoms. The lowest BCUT2D eigenvalue weighted by atomic mass is 10.5. The van der Waals surface area contributed by atoms with Gasteiger partial charge < -0.3 is 0 Å². The number of nitrogens with zero attached hydrogens (tertiary/aromatic N) is 2. The molecule has 52 valence electrons. The number of hydrogen-bond acceptors (Lipinski definition) is 2. The van der Waals surface area contributed by atoms with Gasteiger partial charge in [-0.3, -0.25) is 4.79 Å². The van der Waals surface area contributed by atoms with E-state index in [1.807, 2.05) is 6.92 Å². The third kappa shape index (κ3) is 4.38. The molecule has 0 unspecified atom stereocenters. The lowest BCUT2D eigenvalue weighted by Gasteiger charge is -2.01. The van der Waals surface area contributed by atoms with Gasteiger partial charge in [-0.15, -0.1) is 0 Å². The molecule has 0 aliphatic carbocycles. The Morgan fingerprint density at radius 1 is 1.89 bits per heavy atom. The van der Waals surface area contributed by atoms with Crippen molar-refractivity contribution in [1.29, 1.82) is 0 Å². The van der Waals surface area contributed by atoms with E-state index in [1.54, 1.807) is 7.05 Å². The van der Waals surface area contributed by atoms with Crippen molar-refractivity contribution in [2.24, 2.45) is 5.10 Å². The highest BCUT2D eigenvalue weighted by atomic mass is 127. The molecular formula is C5H9IN2O. The summed E-state index contributed by atoms with van der Waals surface area (Å²) >= 11 is 2.09. The van der Waals surface area contributed by atoms with Crippen molar-refractivity contribution in [3.8, 4) is 0 Å². The number of hydrogen-bond donors (Lipinski definition) is 0. The first kappa shape index (κ1) is 8.87. The molecule has 0 aliphatic heterocycles. The van der Waals surface area contributed by atoms with Gasteiger partial charge in [0.15, 0.2) is 0 Å². The molecule has 3 nitrogen and oxygen atoms in total. The molecule has 0 atom stereocenters. The van der Waals surface area contributed by atoms with Gasteiger partial charge in [-0.05, 0) is 29.0 Å². The van der Waals surface area contributed by atoms with Crippen LogP contribution < -0.4 is 0 Å². The summed E-state index contributed by atoms with van der Waals surface area (Å²) in [6.07, 6.45) is 1.55. The van der Waals surface area contributed by atoms with Crippen molar-refractivity contribution in [1.82, 2.24) is 5.01 Å². The van der Waals surface area contributed by atoms with Crippen molar-refractivity contribution >= 4 is 32.7 Å². The van der Waals surface area contributed by atoms with Crippen molar-refractivity contribution in [3.05, 3.63) is 0 Å². The Kier molecular flexibility index (Phi) is 4.65. The third-order valence-electron chi connectivity index (χ3n) is 0.711. The molecule has 1 amide bonds. The van der Waals surface area contributed by atoms with Gasteiger partial charge in [-0.25, -0.2) is 5.01 Å². The van der Waals surface area contributed by atoms with Gasteiger partial charge in [0.25, 0.3) is 0 Å². The summed E-state index contributed by atoms with van der Waals surface area (Å²) in [5.74, 6) is 0. The van der Waals surface area contributed by atoms with E-state index in [9.17, 15) is 4.79 Å². The predicted octanol–water partition coefficient (Wildman–Crippen LogP) is 1.23. The number of amides is 1. The normalized spacial score (nSPS) is 11.2. The second-order valence-electron chi connectivity index (χ2n) is 1.51. The average molecular weight is 240 g/mol. The smallest absolute Gasteiger partial charge is 0.229 e. The first-order valence-corrected chi connectivity index (χ1v) is 3.69. The van der Waals surface area contributed by atoms with Crippen LogP contribution in [-0.4, -0.2) is 22.2 Å². The number of halogens is 1. The Hall–Kier alpha value is -0.130. The topological polar surface area (TPSA) is 32.7 Å². The highest BCUT2D eigenvalue weighted by Crippen LogP contribution is 1.96. The maximum atomic E-state index is 9.97. The molecule has 0 radical (unpaired) electrons. The highest BCUT2D eigenvalue weighted by molar-refractivity contribution is 14.1. The Morgan fingerprint density at radius 3 is 2.78 bits per heavy atom. The van der Waals surface area contributed by atoms with E-state index >= 15 is 0 Å². The number of hydrazone groups is 1. The summed E-state index contributed by atoms with van der Waals surface area (Å²) in [6.45, 7) is 1.99. The van der Waals surface area contributed by atoms with Crippen LogP contribution in [0, 0.1) is 0 Å². The second kappa shape index (κ2) is 4.72. The van der Waals surface area contributed by atoms with Crippen molar-refractivity contribution < 1.29 is 4.79 Å². The molecular weight excluding hydrogens is 231 g/mol. The molecule has 0 aromatic rings. The summed E-state index contributed by atoms with van der Waals surface area (Å²) in [5, 5.41) is 5.14. The van der Waals surface area contributed by atoms with E-state index in [1.165, 1.54) is 5.01 Å². The van der Waals surface area contributed by atoms with E-state index in [0.717, 1.165) is 10.1 Å². The molecule has 0 saturated carbocycles. The van der Waals surface area contributed by atoms with E-state index in [0.29, 0.717) is 6.41 Å². The Morgan fingerprint density at radius 2 is 2.44 bits per heavy atom. The largest absolute Gasteiger partial charge is 0.277 e. The van der Waals surface area contributed by atoms with E-state index in [-0.39, 0.29) is 0 Å². The first-order chi connectivity index (χ1) is 4.20. The molecule has 0 spiro atoms. The molecule has 0 saturated heterocycles. The minimum atomic E-state index is 0.675. The Bertz CT molecular complexity index is 124. The lowest BCUT2D eigenvalue weighted by Crippen LogP contribution is -2.08. The SMILES string of the molecule is CC/C(I)=N\N(C)C=O. The van der Waals surface area contributed by atoms with Crippen LogP contribution in [0.2, 0.25) is 0 Å². The minimum Gasteiger partial charge on any atom is -0.277 e. The van der Waals surface area contributed by atoms with Crippen LogP contribution in [0.3, 0.4) is 0 Å². The van der Waals surface area contributed by atoms with Gasteiger partial charge in [0, 0.05) is 7.05 Å². The molecule has 0 fully saturated rings. The van der Waals surface area contributed by atoms with Crippen LogP contribution in [0.15, 0.2) is 5.10 Å². The predicted molar refractivity (Wildman–Crippen MR) is 45.6 cm³/mol.